The SMILES string of the molecule is CC(C)C(=O)CCCCBr. The van der Waals surface area contributed by atoms with Gasteiger partial charge in [-0.05, 0) is 12.8 Å². The Kier molecular flexibility index (Phi) is 5.99. The van der Waals surface area contributed by atoms with Crippen LogP contribution in [0.15, 0.2) is 0 Å². The van der Waals surface area contributed by atoms with E-state index in [1.54, 1.807) is 0 Å². The molecule has 10 heavy (non-hydrogen) atoms. The van der Waals surface area contributed by atoms with Gasteiger partial charge < -0.3 is 0 Å². The van der Waals surface area contributed by atoms with Crippen molar-refractivity contribution in [2.24, 2.45) is 5.92 Å². The van der Waals surface area contributed by atoms with Crippen LogP contribution in [0.25, 0.3) is 0 Å². The van der Waals surface area contributed by atoms with E-state index in [9.17, 15) is 4.79 Å². The minimum absolute atomic E-state index is 0.218. The molecular weight excluding hydrogens is 192 g/mol. The number of unbranched alkanes of at least 4 members (excludes halogenated alkanes) is 1. The van der Waals surface area contributed by atoms with Gasteiger partial charge in [0.15, 0.2) is 0 Å². The van der Waals surface area contributed by atoms with Crippen LogP contribution < -0.4 is 0 Å². The molecule has 60 valence electrons. The van der Waals surface area contributed by atoms with Crippen molar-refractivity contribution < 1.29 is 4.79 Å². The Labute approximate surface area is 71.3 Å². The van der Waals surface area contributed by atoms with Crippen LogP contribution in [0.4, 0.5) is 0 Å². The molecule has 0 aromatic carbocycles. The molecule has 0 saturated heterocycles. The highest BCUT2D eigenvalue weighted by molar-refractivity contribution is 9.09. The van der Waals surface area contributed by atoms with Crippen LogP contribution >= 0.6 is 15.9 Å². The fourth-order valence-electron chi connectivity index (χ4n) is 0.682. The normalized spacial score (nSPS) is 10.4. The Hall–Kier alpha value is 0.150. The van der Waals surface area contributed by atoms with E-state index in [-0.39, 0.29) is 5.92 Å². The number of hydrogen-bond donors (Lipinski definition) is 0. The van der Waals surface area contributed by atoms with Crippen molar-refractivity contribution in [3.8, 4) is 0 Å². The molecule has 0 bridgehead atoms. The van der Waals surface area contributed by atoms with E-state index in [2.05, 4.69) is 15.9 Å². The van der Waals surface area contributed by atoms with Crippen LogP contribution in [0.1, 0.15) is 33.1 Å². The van der Waals surface area contributed by atoms with Crippen LogP contribution in [-0.2, 0) is 4.79 Å². The molecule has 0 fully saturated rings. The van der Waals surface area contributed by atoms with Gasteiger partial charge >= 0.3 is 0 Å². The summed E-state index contributed by atoms with van der Waals surface area (Å²) in [7, 11) is 0. The Morgan fingerprint density at radius 3 is 2.40 bits per heavy atom. The number of halogens is 1. The third-order valence-corrected chi connectivity index (χ3v) is 2.01. The number of ketones is 1. The maximum absolute atomic E-state index is 11.0. The second kappa shape index (κ2) is 5.90. The van der Waals surface area contributed by atoms with Crippen molar-refractivity contribution >= 4 is 21.7 Å². The molecule has 0 N–H and O–H groups in total. The average molecular weight is 207 g/mol. The summed E-state index contributed by atoms with van der Waals surface area (Å²) >= 11 is 3.33. The molecule has 0 aliphatic carbocycles. The van der Waals surface area contributed by atoms with Crippen LogP contribution in [0, 0.1) is 5.92 Å². The van der Waals surface area contributed by atoms with Gasteiger partial charge in [-0.2, -0.15) is 0 Å². The van der Waals surface area contributed by atoms with E-state index >= 15 is 0 Å². The monoisotopic (exact) mass is 206 g/mol. The third kappa shape index (κ3) is 4.98. The van der Waals surface area contributed by atoms with Crippen molar-refractivity contribution in [3.05, 3.63) is 0 Å². The van der Waals surface area contributed by atoms with Gasteiger partial charge in [0.05, 0.1) is 0 Å². The zero-order valence-corrected chi connectivity index (χ0v) is 8.28. The number of carbonyl (C=O) groups is 1. The first kappa shape index (κ1) is 10.2. The molecule has 0 rings (SSSR count). The fraction of sp³-hybridized carbons (Fsp3) is 0.875. The molecule has 1 nitrogen and oxygen atoms in total. The summed E-state index contributed by atoms with van der Waals surface area (Å²) in [6.07, 6.45) is 2.89. The van der Waals surface area contributed by atoms with E-state index in [0.29, 0.717) is 5.78 Å². The quantitative estimate of drug-likeness (QED) is 0.500. The van der Waals surface area contributed by atoms with Crippen molar-refractivity contribution in [3.63, 3.8) is 0 Å². The lowest BCUT2D eigenvalue weighted by Gasteiger charge is -2.01. The standard InChI is InChI=1S/C8H15BrO/c1-7(2)8(10)5-3-4-6-9/h7H,3-6H2,1-2H3. The first-order valence-electron chi connectivity index (χ1n) is 3.77. The molecular formula is C8H15BrO. The van der Waals surface area contributed by atoms with E-state index in [1.807, 2.05) is 13.8 Å². The second-order valence-corrected chi connectivity index (χ2v) is 3.56. The van der Waals surface area contributed by atoms with Gasteiger partial charge in [0, 0.05) is 17.7 Å². The van der Waals surface area contributed by atoms with E-state index < -0.39 is 0 Å². The summed E-state index contributed by atoms with van der Waals surface area (Å²) in [5, 5.41) is 1.01. The first-order chi connectivity index (χ1) is 4.68. The molecule has 0 unspecified atom stereocenters. The molecule has 2 heteroatoms. The Balaban J connectivity index is 3.22. The smallest absolute Gasteiger partial charge is 0.135 e. The summed E-state index contributed by atoms with van der Waals surface area (Å²) in [5.74, 6) is 0.608. The van der Waals surface area contributed by atoms with Gasteiger partial charge in [-0.25, -0.2) is 0 Å². The van der Waals surface area contributed by atoms with Crippen molar-refractivity contribution in [2.45, 2.75) is 33.1 Å². The minimum Gasteiger partial charge on any atom is -0.299 e. The molecule has 0 radical (unpaired) electrons. The van der Waals surface area contributed by atoms with Crippen LogP contribution in [-0.4, -0.2) is 11.1 Å². The third-order valence-electron chi connectivity index (χ3n) is 1.45. The molecule has 0 spiro atoms. The van der Waals surface area contributed by atoms with Gasteiger partial charge in [-0.1, -0.05) is 29.8 Å². The summed E-state index contributed by atoms with van der Waals surface area (Å²) < 4.78 is 0. The lowest BCUT2D eigenvalue weighted by atomic mass is 10.0. The minimum atomic E-state index is 0.218. The van der Waals surface area contributed by atoms with Crippen LogP contribution in [0.2, 0.25) is 0 Å². The average Bonchev–Trinajstić information content (AvgIpc) is 1.88. The van der Waals surface area contributed by atoms with E-state index in [4.69, 9.17) is 0 Å². The maximum Gasteiger partial charge on any atom is 0.135 e. The topological polar surface area (TPSA) is 17.1 Å². The highest BCUT2D eigenvalue weighted by Gasteiger charge is 2.04. The summed E-state index contributed by atoms with van der Waals surface area (Å²) in [4.78, 5) is 11.0. The summed E-state index contributed by atoms with van der Waals surface area (Å²) in [6, 6.07) is 0. The highest BCUT2D eigenvalue weighted by atomic mass is 79.9. The van der Waals surface area contributed by atoms with Gasteiger partial charge in [-0.3, -0.25) is 4.79 Å². The first-order valence-corrected chi connectivity index (χ1v) is 4.89. The molecule has 0 saturated carbocycles. The van der Waals surface area contributed by atoms with Crippen molar-refractivity contribution in [1.29, 1.82) is 0 Å². The van der Waals surface area contributed by atoms with Crippen LogP contribution in [0.3, 0.4) is 0 Å². The lowest BCUT2D eigenvalue weighted by molar-refractivity contribution is -0.121. The molecule has 0 aromatic rings. The Morgan fingerprint density at radius 2 is 2.00 bits per heavy atom. The molecule has 0 aliphatic heterocycles. The zero-order valence-electron chi connectivity index (χ0n) is 6.69. The van der Waals surface area contributed by atoms with Crippen LogP contribution in [0.5, 0.6) is 0 Å². The van der Waals surface area contributed by atoms with Crippen molar-refractivity contribution in [1.82, 2.24) is 0 Å². The number of rotatable bonds is 5. The number of hydrogen-bond acceptors (Lipinski definition) is 1. The number of carbonyl (C=O) groups excluding carboxylic acids is 1. The Bertz CT molecular complexity index is 99.4. The van der Waals surface area contributed by atoms with Gasteiger partial charge in [0.1, 0.15) is 5.78 Å². The summed E-state index contributed by atoms with van der Waals surface area (Å²) in [5.41, 5.74) is 0. The predicted molar refractivity (Wildman–Crippen MR) is 47.5 cm³/mol. The number of Topliss-reactive ketones (excluding diaryl/α,β-unsaturated/α-hetero) is 1. The van der Waals surface area contributed by atoms with Gasteiger partial charge in [-0.15, -0.1) is 0 Å². The molecule has 0 amide bonds. The second-order valence-electron chi connectivity index (χ2n) is 2.77. The molecule has 0 atom stereocenters. The maximum atomic E-state index is 11.0. The van der Waals surface area contributed by atoms with Gasteiger partial charge in [0.25, 0.3) is 0 Å². The molecule has 0 aliphatic rings. The highest BCUT2D eigenvalue weighted by Crippen LogP contribution is 2.04. The molecule has 0 aromatic heterocycles. The van der Waals surface area contributed by atoms with E-state index in [0.717, 1.165) is 24.6 Å². The Morgan fingerprint density at radius 1 is 1.40 bits per heavy atom. The summed E-state index contributed by atoms with van der Waals surface area (Å²) in [6.45, 7) is 3.91. The lowest BCUT2D eigenvalue weighted by Crippen LogP contribution is -2.05. The zero-order chi connectivity index (χ0) is 7.98. The van der Waals surface area contributed by atoms with E-state index in [1.165, 1.54) is 0 Å². The molecule has 0 heterocycles. The predicted octanol–water partition coefficient (Wildman–Crippen LogP) is 2.78. The van der Waals surface area contributed by atoms with Gasteiger partial charge in [0.2, 0.25) is 0 Å². The number of alkyl halides is 1. The van der Waals surface area contributed by atoms with Crippen molar-refractivity contribution in [2.75, 3.05) is 5.33 Å². The fourth-order valence-corrected chi connectivity index (χ4v) is 1.08. The largest absolute Gasteiger partial charge is 0.299 e.